The highest BCUT2D eigenvalue weighted by molar-refractivity contribution is 4.78. The summed E-state index contributed by atoms with van der Waals surface area (Å²) in [7, 11) is 0. The van der Waals surface area contributed by atoms with Crippen LogP contribution in [-0.4, -0.2) is 0 Å². The number of hydrogen-bond acceptors (Lipinski definition) is 0. The molecule has 0 spiro atoms. The van der Waals surface area contributed by atoms with E-state index in [0.29, 0.717) is 0 Å². The fourth-order valence-corrected chi connectivity index (χ4v) is 3.32. The monoisotopic (exact) mass is 196 g/mol. The van der Waals surface area contributed by atoms with Crippen LogP contribution in [0.4, 0.5) is 0 Å². The second kappa shape index (κ2) is 6.48. The quantitative estimate of drug-likeness (QED) is 0.578. The van der Waals surface area contributed by atoms with Gasteiger partial charge in [-0.2, -0.15) is 0 Å². The van der Waals surface area contributed by atoms with Gasteiger partial charge in [-0.1, -0.05) is 52.9 Å². The molecule has 14 heavy (non-hydrogen) atoms. The van der Waals surface area contributed by atoms with E-state index in [9.17, 15) is 0 Å². The van der Waals surface area contributed by atoms with Crippen LogP contribution in [-0.2, 0) is 0 Å². The maximum absolute atomic E-state index is 2.38. The molecule has 0 amide bonds. The van der Waals surface area contributed by atoms with E-state index in [2.05, 4.69) is 20.8 Å². The zero-order valence-electron chi connectivity index (χ0n) is 10.4. The summed E-state index contributed by atoms with van der Waals surface area (Å²) in [5.74, 6) is 3.18. The van der Waals surface area contributed by atoms with Crippen LogP contribution >= 0.6 is 0 Å². The summed E-state index contributed by atoms with van der Waals surface area (Å²) in [6, 6.07) is 0. The van der Waals surface area contributed by atoms with Gasteiger partial charge in [0.15, 0.2) is 0 Å². The predicted molar refractivity (Wildman–Crippen MR) is 64.4 cm³/mol. The molecule has 0 saturated heterocycles. The van der Waals surface area contributed by atoms with Crippen LogP contribution in [0, 0.1) is 17.8 Å². The van der Waals surface area contributed by atoms with E-state index in [-0.39, 0.29) is 0 Å². The van der Waals surface area contributed by atoms with E-state index >= 15 is 0 Å². The van der Waals surface area contributed by atoms with Crippen LogP contribution in [0.1, 0.15) is 72.1 Å². The molecule has 0 aromatic rings. The first kappa shape index (κ1) is 12.1. The maximum atomic E-state index is 2.38. The molecule has 1 fully saturated rings. The van der Waals surface area contributed by atoms with Crippen LogP contribution in [0.5, 0.6) is 0 Å². The van der Waals surface area contributed by atoms with Crippen molar-refractivity contribution in [2.24, 2.45) is 17.8 Å². The van der Waals surface area contributed by atoms with Gasteiger partial charge in [0.05, 0.1) is 0 Å². The van der Waals surface area contributed by atoms with E-state index in [4.69, 9.17) is 0 Å². The topological polar surface area (TPSA) is 0 Å². The van der Waals surface area contributed by atoms with Gasteiger partial charge in [-0.25, -0.2) is 0 Å². The fraction of sp³-hybridized carbons (Fsp3) is 1.00. The third-order valence-corrected chi connectivity index (χ3v) is 3.97. The molecule has 2 atom stereocenters. The van der Waals surface area contributed by atoms with Crippen LogP contribution in [0.2, 0.25) is 0 Å². The van der Waals surface area contributed by atoms with Gasteiger partial charge in [-0.15, -0.1) is 0 Å². The first-order valence-electron chi connectivity index (χ1n) is 6.80. The zero-order valence-corrected chi connectivity index (χ0v) is 10.4. The molecule has 1 saturated carbocycles. The maximum Gasteiger partial charge on any atom is -0.0409 e. The van der Waals surface area contributed by atoms with Crippen molar-refractivity contribution in [3.63, 3.8) is 0 Å². The Labute approximate surface area is 90.5 Å². The number of rotatable bonds is 5. The molecule has 1 aliphatic carbocycles. The molecular weight excluding hydrogens is 168 g/mol. The Kier molecular flexibility index (Phi) is 5.59. The zero-order chi connectivity index (χ0) is 10.4. The first-order valence-corrected chi connectivity index (χ1v) is 6.80. The second-order valence-corrected chi connectivity index (χ2v) is 5.29. The van der Waals surface area contributed by atoms with Gasteiger partial charge in [0.2, 0.25) is 0 Å². The molecule has 0 aromatic carbocycles. The average molecular weight is 196 g/mol. The lowest BCUT2D eigenvalue weighted by atomic mass is 9.71. The van der Waals surface area contributed by atoms with E-state index in [0.717, 1.165) is 17.8 Å². The highest BCUT2D eigenvalue weighted by atomic mass is 14.3. The lowest BCUT2D eigenvalue weighted by Crippen LogP contribution is -2.22. The summed E-state index contributed by atoms with van der Waals surface area (Å²) >= 11 is 0. The van der Waals surface area contributed by atoms with Gasteiger partial charge in [-0.05, 0) is 37.0 Å². The van der Waals surface area contributed by atoms with Crippen LogP contribution in [0.25, 0.3) is 0 Å². The molecule has 1 rings (SSSR count). The van der Waals surface area contributed by atoms with E-state index in [1.54, 1.807) is 0 Å². The minimum Gasteiger partial charge on any atom is -0.0654 e. The lowest BCUT2D eigenvalue weighted by Gasteiger charge is -2.34. The SMILES string of the molecule is CCCC1CC(CC)CC(CCC)C1. The Morgan fingerprint density at radius 3 is 1.50 bits per heavy atom. The summed E-state index contributed by atoms with van der Waals surface area (Å²) in [6.07, 6.45) is 11.8. The van der Waals surface area contributed by atoms with Crippen molar-refractivity contribution in [2.45, 2.75) is 72.1 Å². The molecule has 84 valence electrons. The van der Waals surface area contributed by atoms with Gasteiger partial charge < -0.3 is 0 Å². The van der Waals surface area contributed by atoms with Crippen molar-refractivity contribution in [3.8, 4) is 0 Å². The van der Waals surface area contributed by atoms with Gasteiger partial charge in [0, 0.05) is 0 Å². The molecule has 0 nitrogen and oxygen atoms in total. The first-order chi connectivity index (χ1) is 6.80. The summed E-state index contributed by atoms with van der Waals surface area (Å²) in [4.78, 5) is 0. The molecular formula is C14H28. The normalized spacial score (nSPS) is 33.2. The predicted octanol–water partition coefficient (Wildman–Crippen LogP) is 5.03. The molecule has 0 bridgehead atoms. The lowest BCUT2D eigenvalue weighted by molar-refractivity contribution is 0.174. The Balaban J connectivity index is 2.39. The molecule has 2 unspecified atom stereocenters. The van der Waals surface area contributed by atoms with Crippen LogP contribution in [0.3, 0.4) is 0 Å². The summed E-state index contributed by atoms with van der Waals surface area (Å²) < 4.78 is 0. The average Bonchev–Trinajstić information content (AvgIpc) is 2.18. The Morgan fingerprint density at radius 1 is 0.714 bits per heavy atom. The highest BCUT2D eigenvalue weighted by Crippen LogP contribution is 2.38. The van der Waals surface area contributed by atoms with E-state index in [1.807, 2.05) is 0 Å². The Morgan fingerprint density at radius 2 is 1.14 bits per heavy atom. The third-order valence-electron chi connectivity index (χ3n) is 3.97. The summed E-state index contributed by atoms with van der Waals surface area (Å²) in [5, 5.41) is 0. The third kappa shape index (κ3) is 3.63. The van der Waals surface area contributed by atoms with Crippen LogP contribution in [0.15, 0.2) is 0 Å². The summed E-state index contributed by atoms with van der Waals surface area (Å²) in [5.41, 5.74) is 0. The molecule has 0 aliphatic heterocycles. The highest BCUT2D eigenvalue weighted by Gasteiger charge is 2.26. The minimum atomic E-state index is 1.05. The largest absolute Gasteiger partial charge is 0.0654 e. The van der Waals surface area contributed by atoms with E-state index < -0.39 is 0 Å². The molecule has 0 radical (unpaired) electrons. The van der Waals surface area contributed by atoms with Crippen molar-refractivity contribution in [1.29, 1.82) is 0 Å². The van der Waals surface area contributed by atoms with Crippen molar-refractivity contribution in [2.75, 3.05) is 0 Å². The standard InChI is InChI=1S/C14H28/c1-4-7-13-9-12(6-3)10-14(11-13)8-5-2/h12-14H,4-11H2,1-3H3. The van der Waals surface area contributed by atoms with E-state index in [1.165, 1.54) is 51.4 Å². The van der Waals surface area contributed by atoms with Crippen molar-refractivity contribution >= 4 is 0 Å². The molecule has 0 heteroatoms. The summed E-state index contributed by atoms with van der Waals surface area (Å²) in [6.45, 7) is 7.05. The Hall–Kier alpha value is 0. The van der Waals surface area contributed by atoms with Crippen molar-refractivity contribution in [1.82, 2.24) is 0 Å². The minimum absolute atomic E-state index is 1.05. The van der Waals surface area contributed by atoms with Crippen molar-refractivity contribution < 1.29 is 0 Å². The molecule has 1 aliphatic rings. The smallest absolute Gasteiger partial charge is 0.0409 e. The Bertz CT molecular complexity index is 125. The van der Waals surface area contributed by atoms with Crippen molar-refractivity contribution in [3.05, 3.63) is 0 Å². The van der Waals surface area contributed by atoms with Gasteiger partial charge in [-0.3, -0.25) is 0 Å². The van der Waals surface area contributed by atoms with Crippen LogP contribution < -0.4 is 0 Å². The van der Waals surface area contributed by atoms with Gasteiger partial charge in [0.1, 0.15) is 0 Å². The van der Waals surface area contributed by atoms with Gasteiger partial charge >= 0.3 is 0 Å². The second-order valence-electron chi connectivity index (χ2n) is 5.29. The number of hydrogen-bond donors (Lipinski definition) is 0. The molecule has 0 aromatic heterocycles. The van der Waals surface area contributed by atoms with Gasteiger partial charge in [0.25, 0.3) is 0 Å². The fourth-order valence-electron chi connectivity index (χ4n) is 3.32. The molecule has 0 heterocycles. The molecule has 0 N–H and O–H groups in total.